The summed E-state index contributed by atoms with van der Waals surface area (Å²) in [5.41, 5.74) is 8.90. The molecule has 0 aromatic carbocycles. The average molecular weight is 228 g/mol. The predicted octanol–water partition coefficient (Wildman–Crippen LogP) is -1.26. The van der Waals surface area contributed by atoms with Crippen LogP contribution in [0.3, 0.4) is 0 Å². The van der Waals surface area contributed by atoms with Gasteiger partial charge in [-0.2, -0.15) is 0 Å². The fourth-order valence-electron chi connectivity index (χ4n) is 1.15. The van der Waals surface area contributed by atoms with E-state index in [0.29, 0.717) is 0 Å². The molecule has 0 amide bonds. The first-order valence-corrected chi connectivity index (χ1v) is 4.78. The minimum Gasteiger partial charge on any atom is -0.328 e. The molecule has 0 unspecified atom stereocenters. The van der Waals surface area contributed by atoms with Gasteiger partial charge in [0.2, 0.25) is 0 Å². The first kappa shape index (κ1) is 14.6. The maximum atomic E-state index is 11.6. The molecule has 0 saturated heterocycles. The van der Waals surface area contributed by atoms with E-state index in [1.165, 1.54) is 13.8 Å². The van der Waals surface area contributed by atoms with Gasteiger partial charge in [0.15, 0.2) is 11.6 Å². The van der Waals surface area contributed by atoms with Gasteiger partial charge in [0.25, 0.3) is 0 Å². The molecule has 0 saturated carbocycles. The van der Waals surface area contributed by atoms with E-state index < -0.39 is 48.1 Å². The number of carbonyl (C=O) groups excluding carboxylic acids is 4. The minimum absolute atomic E-state index is 0.399. The SMILES string of the molecule is CC(=O)CC(=O)C(N)(CN)C(=O)CC(C)=O. The lowest BCUT2D eigenvalue weighted by molar-refractivity contribution is -0.136. The van der Waals surface area contributed by atoms with Crippen LogP contribution < -0.4 is 11.5 Å². The second kappa shape index (κ2) is 5.62. The zero-order chi connectivity index (χ0) is 12.9. The second-order valence-electron chi connectivity index (χ2n) is 3.78. The third-order valence-corrected chi connectivity index (χ3v) is 2.14. The van der Waals surface area contributed by atoms with E-state index >= 15 is 0 Å². The molecule has 4 N–H and O–H groups in total. The lowest BCUT2D eigenvalue weighted by Gasteiger charge is -2.23. The van der Waals surface area contributed by atoms with Crippen LogP contribution in [0.5, 0.6) is 0 Å². The van der Waals surface area contributed by atoms with E-state index in [9.17, 15) is 19.2 Å². The van der Waals surface area contributed by atoms with Crippen molar-refractivity contribution >= 4 is 23.1 Å². The summed E-state index contributed by atoms with van der Waals surface area (Å²) in [6, 6.07) is 0. The van der Waals surface area contributed by atoms with Crippen molar-refractivity contribution < 1.29 is 19.2 Å². The highest BCUT2D eigenvalue weighted by Gasteiger charge is 2.40. The topological polar surface area (TPSA) is 120 Å². The smallest absolute Gasteiger partial charge is 0.168 e. The molecule has 6 heteroatoms. The van der Waals surface area contributed by atoms with Gasteiger partial charge in [-0.1, -0.05) is 0 Å². The van der Waals surface area contributed by atoms with Gasteiger partial charge in [0, 0.05) is 6.54 Å². The normalized spacial score (nSPS) is 11.0. The third-order valence-electron chi connectivity index (χ3n) is 2.14. The van der Waals surface area contributed by atoms with Gasteiger partial charge in [0.1, 0.15) is 17.1 Å². The number of Topliss-reactive ketones (excluding diaryl/α,β-unsaturated/α-hetero) is 4. The van der Waals surface area contributed by atoms with Crippen LogP contribution in [-0.2, 0) is 19.2 Å². The largest absolute Gasteiger partial charge is 0.328 e. The number of nitrogens with two attached hydrogens (primary N) is 2. The number of hydrogen-bond donors (Lipinski definition) is 2. The molecule has 0 heterocycles. The summed E-state index contributed by atoms with van der Waals surface area (Å²) in [5.74, 6) is -2.28. The summed E-state index contributed by atoms with van der Waals surface area (Å²) >= 11 is 0. The van der Waals surface area contributed by atoms with Crippen LogP contribution in [0.15, 0.2) is 0 Å². The molecule has 16 heavy (non-hydrogen) atoms. The van der Waals surface area contributed by atoms with Gasteiger partial charge in [-0.3, -0.25) is 19.2 Å². The van der Waals surface area contributed by atoms with Gasteiger partial charge in [-0.05, 0) is 13.8 Å². The van der Waals surface area contributed by atoms with E-state index in [1.807, 2.05) is 0 Å². The number of ketones is 4. The Kier molecular flexibility index (Phi) is 5.13. The van der Waals surface area contributed by atoms with Crippen molar-refractivity contribution in [2.24, 2.45) is 11.5 Å². The molecule has 0 aliphatic carbocycles. The molecule has 0 rings (SSSR count). The maximum Gasteiger partial charge on any atom is 0.168 e. The number of rotatable bonds is 7. The summed E-state index contributed by atoms with van der Waals surface area (Å²) in [4.78, 5) is 44.7. The first-order valence-electron chi connectivity index (χ1n) is 4.78. The molecule has 0 aromatic rings. The fourth-order valence-corrected chi connectivity index (χ4v) is 1.15. The molecule has 0 aliphatic heterocycles. The monoisotopic (exact) mass is 228 g/mol. The molecule has 0 bridgehead atoms. The van der Waals surface area contributed by atoms with Gasteiger partial charge >= 0.3 is 0 Å². The maximum absolute atomic E-state index is 11.6. The Morgan fingerprint density at radius 1 is 0.938 bits per heavy atom. The van der Waals surface area contributed by atoms with Crippen molar-refractivity contribution in [2.45, 2.75) is 32.2 Å². The summed E-state index contributed by atoms with van der Waals surface area (Å²) in [6.45, 7) is 2.01. The lowest BCUT2D eigenvalue weighted by Crippen LogP contribution is -2.60. The Balaban J connectivity index is 4.89. The van der Waals surface area contributed by atoms with Crippen LogP contribution in [0, 0.1) is 0 Å². The number of hydrogen-bond acceptors (Lipinski definition) is 6. The number of carbonyl (C=O) groups is 4. The summed E-state index contributed by atoms with van der Waals surface area (Å²) in [5, 5.41) is 0. The third kappa shape index (κ3) is 3.63. The van der Waals surface area contributed by atoms with Crippen molar-refractivity contribution in [1.29, 1.82) is 0 Å². The quantitative estimate of drug-likeness (QED) is 0.524. The van der Waals surface area contributed by atoms with Crippen LogP contribution in [0.4, 0.5) is 0 Å². The molecule has 0 fully saturated rings. The van der Waals surface area contributed by atoms with Crippen molar-refractivity contribution in [3.63, 3.8) is 0 Å². The molecule has 6 nitrogen and oxygen atoms in total. The summed E-state index contributed by atoms with van der Waals surface area (Å²) < 4.78 is 0. The minimum atomic E-state index is -1.92. The molecule has 90 valence electrons. The summed E-state index contributed by atoms with van der Waals surface area (Å²) in [7, 11) is 0. The van der Waals surface area contributed by atoms with Crippen LogP contribution in [0.25, 0.3) is 0 Å². The van der Waals surface area contributed by atoms with Crippen LogP contribution >= 0.6 is 0 Å². The predicted molar refractivity (Wildman–Crippen MR) is 56.6 cm³/mol. The van der Waals surface area contributed by atoms with Crippen molar-refractivity contribution in [1.82, 2.24) is 0 Å². The molecule has 0 spiro atoms. The van der Waals surface area contributed by atoms with E-state index in [4.69, 9.17) is 11.5 Å². The van der Waals surface area contributed by atoms with E-state index in [0.717, 1.165) is 0 Å². The molecule has 0 aliphatic rings. The lowest BCUT2D eigenvalue weighted by atomic mass is 9.85. The summed E-state index contributed by atoms with van der Waals surface area (Å²) in [6.07, 6.45) is -0.894. The van der Waals surface area contributed by atoms with Gasteiger partial charge in [0.05, 0.1) is 12.8 Å². The van der Waals surface area contributed by atoms with E-state index in [-0.39, 0.29) is 0 Å². The van der Waals surface area contributed by atoms with Crippen molar-refractivity contribution in [2.75, 3.05) is 6.54 Å². The first-order chi connectivity index (χ1) is 7.24. The Morgan fingerprint density at radius 3 is 1.44 bits per heavy atom. The molecule has 0 atom stereocenters. The fraction of sp³-hybridized carbons (Fsp3) is 0.600. The standard InChI is InChI=1S/C10H16N2O4/c1-6(13)3-8(15)10(12,5-11)9(16)4-7(2)14/h3-5,11-12H2,1-2H3. The Bertz CT molecular complexity index is 308. The van der Waals surface area contributed by atoms with Crippen LogP contribution in [0.2, 0.25) is 0 Å². The van der Waals surface area contributed by atoms with E-state index in [1.54, 1.807) is 0 Å². The van der Waals surface area contributed by atoms with Crippen LogP contribution in [0.1, 0.15) is 26.7 Å². The zero-order valence-electron chi connectivity index (χ0n) is 9.41. The van der Waals surface area contributed by atoms with Crippen molar-refractivity contribution in [3.05, 3.63) is 0 Å². The molecular weight excluding hydrogens is 212 g/mol. The molecule has 0 radical (unpaired) electrons. The van der Waals surface area contributed by atoms with Crippen LogP contribution in [-0.4, -0.2) is 35.2 Å². The van der Waals surface area contributed by atoms with Gasteiger partial charge in [-0.15, -0.1) is 0 Å². The Labute approximate surface area is 93.3 Å². The highest BCUT2D eigenvalue weighted by Crippen LogP contribution is 2.09. The molecule has 0 aromatic heterocycles. The Hall–Kier alpha value is -1.40. The second-order valence-corrected chi connectivity index (χ2v) is 3.78. The van der Waals surface area contributed by atoms with Gasteiger partial charge in [-0.25, -0.2) is 0 Å². The highest BCUT2D eigenvalue weighted by molar-refractivity contribution is 6.19. The van der Waals surface area contributed by atoms with Gasteiger partial charge < -0.3 is 11.5 Å². The molecular formula is C10H16N2O4. The zero-order valence-corrected chi connectivity index (χ0v) is 9.41. The van der Waals surface area contributed by atoms with E-state index in [2.05, 4.69) is 0 Å². The Morgan fingerprint density at radius 2 is 1.25 bits per heavy atom. The average Bonchev–Trinajstić information content (AvgIpc) is 2.14. The highest BCUT2D eigenvalue weighted by atomic mass is 16.2. The van der Waals surface area contributed by atoms with Crippen molar-refractivity contribution in [3.8, 4) is 0 Å².